The van der Waals surface area contributed by atoms with Gasteiger partial charge in [0.1, 0.15) is 0 Å². The first-order valence-electron chi connectivity index (χ1n) is 5.44. The normalized spacial score (nSPS) is 48.9. The first-order chi connectivity index (χ1) is 6.00. The van der Waals surface area contributed by atoms with Crippen LogP contribution in [-0.4, -0.2) is 11.6 Å². The second kappa shape index (κ2) is 2.96. The van der Waals surface area contributed by atoms with Crippen LogP contribution < -0.4 is 5.48 Å². The van der Waals surface area contributed by atoms with Gasteiger partial charge in [-0.2, -0.15) is 5.48 Å². The highest BCUT2D eigenvalue weighted by Gasteiger charge is 2.48. The topological polar surface area (TPSA) is 21.3 Å². The van der Waals surface area contributed by atoms with Gasteiger partial charge in [0, 0.05) is 12.0 Å². The van der Waals surface area contributed by atoms with E-state index in [1.54, 1.807) is 0 Å². The Hall–Kier alpha value is -0.0800. The number of hydroxylamine groups is 1. The number of rotatable bonds is 0. The molecule has 4 unspecified atom stereocenters. The van der Waals surface area contributed by atoms with Crippen molar-refractivity contribution in [1.29, 1.82) is 0 Å². The predicted octanol–water partition coefficient (Wildman–Crippen LogP) is 2.35. The zero-order valence-electron chi connectivity index (χ0n) is 9.13. The Labute approximate surface area is 81.0 Å². The van der Waals surface area contributed by atoms with Gasteiger partial charge in [-0.15, -0.1) is 0 Å². The molecular weight excluding hydrogens is 162 g/mol. The lowest BCUT2D eigenvalue weighted by molar-refractivity contribution is -0.0458. The maximum Gasteiger partial charge on any atom is 0.0884 e. The van der Waals surface area contributed by atoms with Gasteiger partial charge >= 0.3 is 0 Å². The standard InChI is InChI=1S/C11H21NO/c1-7-5-8(2)10-9(6-7)11(3,4)13-12-10/h7-10,12H,5-6H2,1-4H3. The minimum absolute atomic E-state index is 0.0353. The van der Waals surface area contributed by atoms with E-state index in [1.807, 2.05) is 0 Å². The first-order valence-corrected chi connectivity index (χ1v) is 5.44. The van der Waals surface area contributed by atoms with Crippen LogP contribution in [0.2, 0.25) is 0 Å². The average molecular weight is 183 g/mol. The van der Waals surface area contributed by atoms with Crippen molar-refractivity contribution in [2.45, 2.75) is 52.2 Å². The van der Waals surface area contributed by atoms with Crippen LogP contribution in [0.4, 0.5) is 0 Å². The van der Waals surface area contributed by atoms with Crippen LogP contribution in [-0.2, 0) is 4.84 Å². The third kappa shape index (κ3) is 1.50. The summed E-state index contributed by atoms with van der Waals surface area (Å²) in [6.45, 7) is 9.11. The number of hydrogen-bond donors (Lipinski definition) is 1. The van der Waals surface area contributed by atoms with Crippen LogP contribution in [0.3, 0.4) is 0 Å². The summed E-state index contributed by atoms with van der Waals surface area (Å²) in [7, 11) is 0. The van der Waals surface area contributed by atoms with Crippen LogP contribution in [0.15, 0.2) is 0 Å². The summed E-state index contributed by atoms with van der Waals surface area (Å²) in [5.74, 6) is 2.32. The van der Waals surface area contributed by atoms with Crippen molar-refractivity contribution in [2.24, 2.45) is 17.8 Å². The second-order valence-electron chi connectivity index (χ2n) is 5.51. The van der Waals surface area contributed by atoms with Crippen molar-refractivity contribution >= 4 is 0 Å². The lowest BCUT2D eigenvalue weighted by atomic mass is 9.68. The van der Waals surface area contributed by atoms with E-state index >= 15 is 0 Å². The molecule has 0 radical (unpaired) electrons. The van der Waals surface area contributed by atoms with E-state index in [-0.39, 0.29) is 5.60 Å². The number of hydrogen-bond acceptors (Lipinski definition) is 2. The molecule has 0 aromatic carbocycles. The van der Waals surface area contributed by atoms with E-state index in [4.69, 9.17) is 4.84 Å². The Kier molecular flexibility index (Phi) is 2.16. The van der Waals surface area contributed by atoms with Crippen molar-refractivity contribution in [3.63, 3.8) is 0 Å². The van der Waals surface area contributed by atoms with Gasteiger partial charge in [0.2, 0.25) is 0 Å². The van der Waals surface area contributed by atoms with Gasteiger partial charge in [-0.1, -0.05) is 13.8 Å². The molecule has 2 fully saturated rings. The monoisotopic (exact) mass is 183 g/mol. The molecule has 1 aliphatic heterocycles. The molecule has 1 saturated carbocycles. The molecule has 2 rings (SSSR count). The third-order valence-corrected chi connectivity index (χ3v) is 3.83. The maximum atomic E-state index is 5.66. The summed E-state index contributed by atoms with van der Waals surface area (Å²) in [4.78, 5) is 5.66. The third-order valence-electron chi connectivity index (χ3n) is 3.83. The van der Waals surface area contributed by atoms with Gasteiger partial charge in [-0.25, -0.2) is 0 Å². The van der Waals surface area contributed by atoms with Gasteiger partial charge < -0.3 is 0 Å². The SMILES string of the molecule is CC1CC(C)C2NOC(C)(C)C2C1. The Morgan fingerprint density at radius 1 is 1.23 bits per heavy atom. The van der Waals surface area contributed by atoms with Crippen LogP contribution in [0, 0.1) is 17.8 Å². The molecule has 1 aliphatic carbocycles. The Bertz CT molecular complexity index is 202. The highest BCUT2D eigenvalue weighted by atomic mass is 16.7. The van der Waals surface area contributed by atoms with E-state index in [1.165, 1.54) is 12.8 Å². The minimum Gasteiger partial charge on any atom is -0.295 e. The Balaban J connectivity index is 2.16. The summed E-state index contributed by atoms with van der Waals surface area (Å²) in [6.07, 6.45) is 2.66. The molecule has 2 heteroatoms. The van der Waals surface area contributed by atoms with Crippen molar-refractivity contribution in [2.75, 3.05) is 0 Å². The summed E-state index contributed by atoms with van der Waals surface area (Å²) in [5.41, 5.74) is 3.25. The molecule has 0 spiro atoms. The largest absolute Gasteiger partial charge is 0.295 e. The summed E-state index contributed by atoms with van der Waals surface area (Å²) in [5, 5.41) is 0. The molecule has 1 heterocycles. The van der Waals surface area contributed by atoms with Gasteiger partial charge in [0.25, 0.3) is 0 Å². The molecule has 2 nitrogen and oxygen atoms in total. The van der Waals surface area contributed by atoms with Crippen LogP contribution in [0.25, 0.3) is 0 Å². The van der Waals surface area contributed by atoms with Crippen LogP contribution >= 0.6 is 0 Å². The number of fused-ring (bicyclic) bond motifs is 1. The molecule has 1 saturated heterocycles. The molecule has 1 N–H and O–H groups in total. The van der Waals surface area contributed by atoms with E-state index in [0.717, 1.165) is 11.8 Å². The van der Waals surface area contributed by atoms with Crippen molar-refractivity contribution in [3.8, 4) is 0 Å². The minimum atomic E-state index is 0.0353. The fourth-order valence-corrected chi connectivity index (χ4v) is 3.06. The lowest BCUT2D eigenvalue weighted by Gasteiger charge is -2.37. The molecule has 13 heavy (non-hydrogen) atoms. The molecule has 76 valence electrons. The van der Waals surface area contributed by atoms with Gasteiger partial charge in [-0.3, -0.25) is 4.84 Å². The van der Waals surface area contributed by atoms with E-state index in [2.05, 4.69) is 33.2 Å². The lowest BCUT2D eigenvalue weighted by Crippen LogP contribution is -2.42. The quantitative estimate of drug-likeness (QED) is 0.622. The fourth-order valence-electron chi connectivity index (χ4n) is 3.06. The van der Waals surface area contributed by atoms with E-state index in [9.17, 15) is 0 Å². The van der Waals surface area contributed by atoms with Crippen molar-refractivity contribution in [1.82, 2.24) is 5.48 Å². The maximum absolute atomic E-state index is 5.66. The molecule has 2 aliphatic rings. The van der Waals surface area contributed by atoms with Crippen molar-refractivity contribution in [3.05, 3.63) is 0 Å². The number of nitrogens with one attached hydrogen (secondary N) is 1. The highest BCUT2D eigenvalue weighted by Crippen LogP contribution is 2.43. The fraction of sp³-hybridized carbons (Fsp3) is 1.00. The average Bonchev–Trinajstić information content (AvgIpc) is 2.28. The zero-order chi connectivity index (χ0) is 9.64. The Morgan fingerprint density at radius 2 is 1.92 bits per heavy atom. The van der Waals surface area contributed by atoms with Crippen LogP contribution in [0.5, 0.6) is 0 Å². The molecular formula is C11H21NO. The second-order valence-corrected chi connectivity index (χ2v) is 5.51. The van der Waals surface area contributed by atoms with E-state index in [0.29, 0.717) is 12.0 Å². The summed E-state index contributed by atoms with van der Waals surface area (Å²) in [6, 6.07) is 0.589. The van der Waals surface area contributed by atoms with Crippen molar-refractivity contribution < 1.29 is 4.84 Å². The molecule has 0 amide bonds. The Morgan fingerprint density at radius 3 is 2.62 bits per heavy atom. The van der Waals surface area contributed by atoms with Gasteiger partial charge in [-0.05, 0) is 38.5 Å². The zero-order valence-corrected chi connectivity index (χ0v) is 9.13. The summed E-state index contributed by atoms with van der Waals surface area (Å²) >= 11 is 0. The van der Waals surface area contributed by atoms with E-state index < -0.39 is 0 Å². The van der Waals surface area contributed by atoms with Gasteiger partial charge in [0.15, 0.2) is 0 Å². The molecule has 4 atom stereocenters. The van der Waals surface area contributed by atoms with Gasteiger partial charge in [0.05, 0.1) is 5.60 Å². The molecule has 0 aromatic rings. The van der Waals surface area contributed by atoms with Crippen LogP contribution in [0.1, 0.15) is 40.5 Å². The smallest absolute Gasteiger partial charge is 0.0884 e. The molecule has 0 bridgehead atoms. The first kappa shape index (κ1) is 9.47. The highest BCUT2D eigenvalue weighted by molar-refractivity contribution is 4.98. The molecule has 0 aromatic heterocycles. The predicted molar refractivity (Wildman–Crippen MR) is 53.1 cm³/mol. The summed E-state index contributed by atoms with van der Waals surface area (Å²) < 4.78 is 0.